The molecule has 1 aliphatic rings. The highest BCUT2D eigenvalue weighted by Crippen LogP contribution is 2.31. The highest BCUT2D eigenvalue weighted by molar-refractivity contribution is 7.09. The van der Waals surface area contributed by atoms with E-state index in [2.05, 4.69) is 42.7 Å². The minimum Gasteiger partial charge on any atom is -0.487 e. The number of anilines is 1. The first kappa shape index (κ1) is 20.5. The zero-order valence-electron chi connectivity index (χ0n) is 17.8. The Hall–Kier alpha value is -3.40. The second-order valence-electron chi connectivity index (χ2n) is 7.72. The fourth-order valence-electron chi connectivity index (χ4n) is 3.75. The number of aryl methyl sites for hydroxylation is 1. The number of tetrazole rings is 1. The van der Waals surface area contributed by atoms with Gasteiger partial charge in [0.15, 0.2) is 0 Å². The van der Waals surface area contributed by atoms with Gasteiger partial charge in [0.25, 0.3) is 0 Å². The van der Waals surface area contributed by atoms with E-state index in [0.717, 1.165) is 55.4 Å². The Morgan fingerprint density at radius 2 is 2.00 bits per heavy atom. The van der Waals surface area contributed by atoms with Crippen LogP contribution in [0.1, 0.15) is 41.9 Å². The van der Waals surface area contributed by atoms with Crippen LogP contribution in [0.2, 0.25) is 0 Å². The number of benzene rings is 1. The van der Waals surface area contributed by atoms with Crippen molar-refractivity contribution in [2.45, 2.75) is 38.7 Å². The molecule has 1 saturated heterocycles. The van der Waals surface area contributed by atoms with E-state index in [-0.39, 0.29) is 0 Å². The van der Waals surface area contributed by atoms with Crippen molar-refractivity contribution in [3.8, 4) is 11.4 Å². The van der Waals surface area contributed by atoms with Crippen molar-refractivity contribution in [2.24, 2.45) is 0 Å². The van der Waals surface area contributed by atoms with Crippen LogP contribution in [-0.2, 0) is 13.0 Å². The molecule has 0 N–H and O–H groups in total. The normalized spacial score (nSPS) is 14.6. The maximum Gasteiger partial charge on any atom is 0.225 e. The summed E-state index contributed by atoms with van der Waals surface area (Å²) in [5, 5.41) is 14.5. The summed E-state index contributed by atoms with van der Waals surface area (Å²) in [6.45, 7) is 4.45. The van der Waals surface area contributed by atoms with E-state index in [1.165, 1.54) is 10.6 Å². The molecule has 164 valence electrons. The van der Waals surface area contributed by atoms with Gasteiger partial charge in [-0.1, -0.05) is 13.0 Å². The minimum absolute atomic E-state index is 0.437. The topological polar surface area (TPSA) is 94.7 Å². The average Bonchev–Trinajstić information content (AvgIpc) is 3.56. The van der Waals surface area contributed by atoms with Crippen LogP contribution < -0.4 is 9.64 Å². The molecule has 3 aromatic heterocycles. The van der Waals surface area contributed by atoms with Gasteiger partial charge >= 0.3 is 0 Å². The Morgan fingerprint density at radius 1 is 1.16 bits per heavy atom. The van der Waals surface area contributed by atoms with Gasteiger partial charge in [0.05, 0.1) is 16.4 Å². The standard InChI is InChI=1S/C22H24N8OS/c1-2-16-11-23-22(24-12-16)29-8-6-17(7-9-29)21-26-18(14-32-21)13-31-20-5-3-4-19(10-20)30-15-25-27-28-30/h3-5,10-12,14-15,17H,2,6-9,13H2,1H3. The molecular formula is C22H24N8OS. The number of hydrogen-bond acceptors (Lipinski definition) is 9. The van der Waals surface area contributed by atoms with Gasteiger partial charge < -0.3 is 9.64 Å². The third-order valence-corrected chi connectivity index (χ3v) is 6.67. The van der Waals surface area contributed by atoms with E-state index >= 15 is 0 Å². The number of piperidine rings is 1. The summed E-state index contributed by atoms with van der Waals surface area (Å²) in [5.74, 6) is 2.07. The monoisotopic (exact) mass is 448 g/mol. The highest BCUT2D eigenvalue weighted by Gasteiger charge is 2.24. The summed E-state index contributed by atoms with van der Waals surface area (Å²) in [6.07, 6.45) is 8.49. The van der Waals surface area contributed by atoms with Gasteiger partial charge in [0, 0.05) is 42.8 Å². The molecule has 4 heterocycles. The van der Waals surface area contributed by atoms with Crippen molar-refractivity contribution >= 4 is 17.3 Å². The second-order valence-corrected chi connectivity index (χ2v) is 8.61. The predicted octanol–water partition coefficient (Wildman–Crippen LogP) is 3.43. The van der Waals surface area contributed by atoms with Crippen molar-refractivity contribution in [2.75, 3.05) is 18.0 Å². The predicted molar refractivity (Wildman–Crippen MR) is 121 cm³/mol. The van der Waals surface area contributed by atoms with Gasteiger partial charge in [0.1, 0.15) is 18.7 Å². The van der Waals surface area contributed by atoms with Crippen molar-refractivity contribution in [3.63, 3.8) is 0 Å². The van der Waals surface area contributed by atoms with Crippen LogP contribution in [0.25, 0.3) is 5.69 Å². The summed E-state index contributed by atoms with van der Waals surface area (Å²) < 4.78 is 7.56. The summed E-state index contributed by atoms with van der Waals surface area (Å²) in [5.41, 5.74) is 2.98. The van der Waals surface area contributed by atoms with E-state index in [9.17, 15) is 0 Å². The number of hydrogen-bond donors (Lipinski definition) is 0. The van der Waals surface area contributed by atoms with Crippen LogP contribution in [0.5, 0.6) is 5.75 Å². The molecule has 10 heteroatoms. The second kappa shape index (κ2) is 9.39. The Kier molecular flexibility index (Phi) is 6.02. The first-order chi connectivity index (χ1) is 15.8. The number of thiazole rings is 1. The van der Waals surface area contributed by atoms with E-state index < -0.39 is 0 Å². The molecule has 0 spiro atoms. The lowest BCUT2D eigenvalue weighted by atomic mass is 9.98. The lowest BCUT2D eigenvalue weighted by Gasteiger charge is -2.31. The number of nitrogens with zero attached hydrogens (tertiary/aromatic N) is 8. The van der Waals surface area contributed by atoms with Gasteiger partial charge in [-0.05, 0) is 47.4 Å². The molecule has 32 heavy (non-hydrogen) atoms. The zero-order valence-corrected chi connectivity index (χ0v) is 18.6. The molecule has 0 amide bonds. The number of ether oxygens (including phenoxy) is 1. The van der Waals surface area contributed by atoms with E-state index in [1.54, 1.807) is 22.3 Å². The highest BCUT2D eigenvalue weighted by atomic mass is 32.1. The van der Waals surface area contributed by atoms with Crippen molar-refractivity contribution in [1.82, 2.24) is 35.2 Å². The summed E-state index contributed by atoms with van der Waals surface area (Å²) in [4.78, 5) is 16.2. The van der Waals surface area contributed by atoms with Gasteiger partial charge in [-0.25, -0.2) is 19.6 Å². The Labute approximate surface area is 190 Å². The largest absolute Gasteiger partial charge is 0.487 e. The van der Waals surface area contributed by atoms with Gasteiger partial charge in [-0.15, -0.1) is 16.4 Å². The average molecular weight is 449 g/mol. The fourth-order valence-corrected chi connectivity index (χ4v) is 4.73. The Bertz CT molecular complexity index is 1140. The first-order valence-electron chi connectivity index (χ1n) is 10.7. The molecule has 0 aliphatic carbocycles. The smallest absolute Gasteiger partial charge is 0.225 e. The third-order valence-electron chi connectivity index (χ3n) is 5.61. The zero-order chi connectivity index (χ0) is 21.8. The molecule has 4 aromatic rings. The minimum atomic E-state index is 0.437. The Morgan fingerprint density at radius 3 is 2.75 bits per heavy atom. The molecule has 9 nitrogen and oxygen atoms in total. The molecule has 0 radical (unpaired) electrons. The fraction of sp³-hybridized carbons (Fsp3) is 0.364. The number of aromatic nitrogens is 7. The van der Waals surface area contributed by atoms with Crippen LogP contribution in [0.15, 0.2) is 48.4 Å². The van der Waals surface area contributed by atoms with Crippen molar-refractivity contribution in [3.05, 3.63) is 64.6 Å². The maximum atomic E-state index is 5.96. The van der Waals surface area contributed by atoms with Crippen LogP contribution in [0.4, 0.5) is 5.95 Å². The van der Waals surface area contributed by atoms with Gasteiger partial charge in [-0.2, -0.15) is 0 Å². The number of rotatable bonds is 7. The van der Waals surface area contributed by atoms with E-state index in [0.29, 0.717) is 12.5 Å². The lowest BCUT2D eigenvalue weighted by Crippen LogP contribution is -2.34. The molecular weight excluding hydrogens is 424 g/mol. The molecule has 0 unspecified atom stereocenters. The molecule has 1 aromatic carbocycles. The van der Waals surface area contributed by atoms with Gasteiger partial charge in [-0.3, -0.25) is 0 Å². The molecule has 0 bridgehead atoms. The molecule has 1 aliphatic heterocycles. The quantitative estimate of drug-likeness (QED) is 0.424. The Balaban J connectivity index is 1.16. The summed E-state index contributed by atoms with van der Waals surface area (Å²) >= 11 is 1.72. The van der Waals surface area contributed by atoms with Crippen LogP contribution in [0, 0.1) is 0 Å². The van der Waals surface area contributed by atoms with Crippen LogP contribution in [0.3, 0.4) is 0 Å². The molecule has 5 rings (SSSR count). The molecule has 0 atom stereocenters. The maximum absolute atomic E-state index is 5.96. The first-order valence-corrected chi connectivity index (χ1v) is 11.6. The molecule has 1 fully saturated rings. The van der Waals surface area contributed by atoms with Gasteiger partial charge in [0.2, 0.25) is 5.95 Å². The molecule has 0 saturated carbocycles. The summed E-state index contributed by atoms with van der Waals surface area (Å²) in [7, 11) is 0. The third kappa shape index (κ3) is 4.59. The van der Waals surface area contributed by atoms with Crippen molar-refractivity contribution in [1.29, 1.82) is 0 Å². The SMILES string of the molecule is CCc1cnc(N2CCC(c3nc(COc4cccc(-n5cnnn5)c4)cs3)CC2)nc1. The summed E-state index contributed by atoms with van der Waals surface area (Å²) in [6, 6.07) is 7.69. The van der Waals surface area contributed by atoms with Crippen LogP contribution in [-0.4, -0.2) is 48.2 Å². The van der Waals surface area contributed by atoms with E-state index in [1.807, 2.05) is 36.7 Å². The van der Waals surface area contributed by atoms with Crippen molar-refractivity contribution < 1.29 is 4.74 Å². The lowest BCUT2D eigenvalue weighted by molar-refractivity contribution is 0.301. The van der Waals surface area contributed by atoms with Crippen LogP contribution >= 0.6 is 11.3 Å². The van der Waals surface area contributed by atoms with E-state index in [4.69, 9.17) is 9.72 Å².